The molecule has 6 aliphatic rings. The lowest BCUT2D eigenvalue weighted by Gasteiger charge is -2.44. The first-order valence-corrected chi connectivity index (χ1v) is 22.7. The summed E-state index contributed by atoms with van der Waals surface area (Å²) in [5.74, 6) is 0.985. The summed E-state index contributed by atoms with van der Waals surface area (Å²) in [6.07, 6.45) is 6.44. The zero-order chi connectivity index (χ0) is 47.4. The van der Waals surface area contributed by atoms with Crippen LogP contribution in [0, 0.1) is 16.2 Å². The number of hydrogen-bond donors (Lipinski definition) is 1. The van der Waals surface area contributed by atoms with E-state index >= 15 is 0 Å². The van der Waals surface area contributed by atoms with E-state index in [4.69, 9.17) is 52.6 Å². The number of hydrogen-bond acceptors (Lipinski definition) is 15. The maximum Gasteiger partial charge on any atom is 0.143 e. The molecule has 0 saturated carbocycles. The van der Waals surface area contributed by atoms with Crippen molar-refractivity contribution in [1.29, 1.82) is 0 Å². The van der Waals surface area contributed by atoms with E-state index in [0.717, 1.165) is 11.5 Å². The highest BCUT2D eigenvalue weighted by atomic mass is 16.6. The van der Waals surface area contributed by atoms with E-state index in [2.05, 4.69) is 129 Å². The summed E-state index contributed by atoms with van der Waals surface area (Å²) in [4.78, 5) is 16.0. The Hall–Kier alpha value is -2.44. The van der Waals surface area contributed by atoms with Crippen molar-refractivity contribution in [3.05, 3.63) is 35.3 Å². The second kappa shape index (κ2) is 21.9. The number of allylic oxidation sites excluding steroid dienone is 1. The molecule has 15 nitrogen and oxygen atoms in total. The molecule has 0 aromatic heterocycles. The van der Waals surface area contributed by atoms with Crippen molar-refractivity contribution in [3.63, 3.8) is 0 Å². The van der Waals surface area contributed by atoms with Gasteiger partial charge in [0.15, 0.2) is 0 Å². The summed E-state index contributed by atoms with van der Waals surface area (Å²) in [5.41, 5.74) is 4.39. The van der Waals surface area contributed by atoms with Crippen LogP contribution in [0.4, 0.5) is 0 Å². The fraction of sp³-hybridized carbons (Fsp3) is 0.833. The minimum Gasteiger partial charge on any atom is -0.382 e. The van der Waals surface area contributed by atoms with E-state index in [1.807, 2.05) is 13.8 Å². The van der Waals surface area contributed by atoms with E-state index in [-0.39, 0.29) is 89.9 Å². The fourth-order valence-corrected chi connectivity index (χ4v) is 10.2. The molecule has 0 aromatic rings. The van der Waals surface area contributed by atoms with Crippen LogP contribution in [0.2, 0.25) is 0 Å². The molecule has 0 amide bonds. The van der Waals surface area contributed by atoms with Gasteiger partial charge < -0.3 is 57.3 Å². The molecule has 6 heterocycles. The number of nitrogens with one attached hydrogen (secondary N) is 1. The largest absolute Gasteiger partial charge is 0.382 e. The number of ether oxygens (including phenoxy) is 9. The van der Waals surface area contributed by atoms with E-state index in [0.29, 0.717) is 25.9 Å². The van der Waals surface area contributed by atoms with Gasteiger partial charge in [0.05, 0.1) is 50.3 Å². The van der Waals surface area contributed by atoms with Gasteiger partial charge >= 0.3 is 0 Å². The SMILES string of the molecule is COC[C@H]1O[C@@H](N2C=C(C)C(C)=NC2C)C(C)(C)C1OC.COC[C@H]1O[C@@H](N2C=C(C)C(C)N=C2C)C(C)(C)C1OC.COC[C@H]1O[C@@H](N2C=C(C)C(C)NC2C)C(C)(C)C1OC. The van der Waals surface area contributed by atoms with Gasteiger partial charge in [-0.1, -0.05) is 41.5 Å². The second-order valence-corrected chi connectivity index (χ2v) is 20.0. The lowest BCUT2D eigenvalue weighted by Crippen LogP contribution is -2.56. The molecule has 0 bridgehead atoms. The summed E-state index contributed by atoms with van der Waals surface area (Å²) >= 11 is 0. The summed E-state index contributed by atoms with van der Waals surface area (Å²) in [6, 6.07) is 0.632. The Bertz CT molecular complexity index is 1620. The Balaban J connectivity index is 0.000000207. The van der Waals surface area contributed by atoms with Crippen molar-refractivity contribution in [2.75, 3.05) is 62.5 Å². The first-order chi connectivity index (χ1) is 29.5. The van der Waals surface area contributed by atoms with Crippen molar-refractivity contribution in [1.82, 2.24) is 20.0 Å². The maximum absolute atomic E-state index is 6.31. The molecule has 63 heavy (non-hydrogen) atoms. The van der Waals surface area contributed by atoms with E-state index in [1.165, 1.54) is 16.7 Å². The lowest BCUT2D eigenvalue weighted by molar-refractivity contribution is -0.100. The van der Waals surface area contributed by atoms with Gasteiger partial charge in [0.25, 0.3) is 0 Å². The molecular weight excluding hydrogens is 805 g/mol. The highest BCUT2D eigenvalue weighted by molar-refractivity contribution is 5.98. The molecule has 15 heteroatoms. The molecule has 6 rings (SSSR count). The van der Waals surface area contributed by atoms with Crippen molar-refractivity contribution in [2.24, 2.45) is 26.2 Å². The van der Waals surface area contributed by atoms with Gasteiger partial charge in [0.1, 0.15) is 49.0 Å². The van der Waals surface area contributed by atoms with E-state index in [1.54, 1.807) is 42.7 Å². The first-order valence-electron chi connectivity index (χ1n) is 22.7. The third kappa shape index (κ3) is 11.2. The molecule has 13 atom stereocenters. The summed E-state index contributed by atoms with van der Waals surface area (Å²) in [6.45, 7) is 33.7. The van der Waals surface area contributed by atoms with Crippen LogP contribution in [0.3, 0.4) is 0 Å². The van der Waals surface area contributed by atoms with Gasteiger partial charge in [0, 0.05) is 89.3 Å². The highest BCUT2D eigenvalue weighted by Gasteiger charge is 2.56. The normalized spacial score (nSPS) is 36.9. The van der Waals surface area contributed by atoms with Gasteiger partial charge in [-0.05, 0) is 79.0 Å². The molecule has 362 valence electrons. The second-order valence-electron chi connectivity index (χ2n) is 20.0. The number of rotatable bonds is 12. The van der Waals surface area contributed by atoms with Gasteiger partial charge in [-0.3, -0.25) is 15.3 Å². The Morgan fingerprint density at radius 1 is 0.571 bits per heavy atom. The van der Waals surface area contributed by atoms with Crippen LogP contribution >= 0.6 is 0 Å². The van der Waals surface area contributed by atoms with E-state index in [9.17, 15) is 0 Å². The molecule has 6 aliphatic heterocycles. The monoisotopic (exact) mass is 891 g/mol. The van der Waals surface area contributed by atoms with Gasteiger partial charge in [0.2, 0.25) is 0 Å². The Morgan fingerprint density at radius 2 is 1.00 bits per heavy atom. The molecule has 0 spiro atoms. The maximum atomic E-state index is 6.31. The van der Waals surface area contributed by atoms with Crippen molar-refractivity contribution in [3.8, 4) is 0 Å². The molecule has 7 unspecified atom stereocenters. The van der Waals surface area contributed by atoms with Crippen LogP contribution in [0.25, 0.3) is 0 Å². The Kier molecular flexibility index (Phi) is 18.5. The number of methoxy groups -OCH3 is 6. The third-order valence-corrected chi connectivity index (χ3v) is 14.0. The molecule has 0 aromatic carbocycles. The summed E-state index contributed by atoms with van der Waals surface area (Å²) < 4.78 is 51.8. The van der Waals surface area contributed by atoms with Crippen LogP contribution in [-0.2, 0) is 42.6 Å². The predicted molar refractivity (Wildman–Crippen MR) is 249 cm³/mol. The zero-order valence-electron chi connectivity index (χ0n) is 42.8. The molecule has 0 radical (unpaired) electrons. The summed E-state index contributed by atoms with van der Waals surface area (Å²) in [7, 11) is 10.3. The topological polar surface area (TPSA) is 130 Å². The van der Waals surface area contributed by atoms with Gasteiger partial charge in [-0.2, -0.15) is 0 Å². The van der Waals surface area contributed by atoms with Crippen LogP contribution in [-0.4, -0.2) is 168 Å². The zero-order valence-corrected chi connectivity index (χ0v) is 42.8. The minimum atomic E-state index is -0.161. The van der Waals surface area contributed by atoms with Crippen LogP contribution in [0.1, 0.15) is 104 Å². The lowest BCUT2D eigenvalue weighted by atomic mass is 9.83. The van der Waals surface area contributed by atoms with Crippen LogP contribution in [0.5, 0.6) is 0 Å². The molecule has 1 N–H and O–H groups in total. The highest BCUT2D eigenvalue weighted by Crippen LogP contribution is 2.45. The Labute approximate surface area is 380 Å². The average Bonchev–Trinajstić information content (AvgIpc) is 3.72. The minimum absolute atomic E-state index is 0.00430. The number of aliphatic imine (C=N–C) groups is 2. The number of amidine groups is 1. The van der Waals surface area contributed by atoms with E-state index < -0.39 is 0 Å². The molecule has 0 aliphatic carbocycles. The van der Waals surface area contributed by atoms with Crippen LogP contribution in [0.15, 0.2) is 45.3 Å². The standard InChI is InChI=1S/C16H30N2O3.2C16H28N2O3/c3*1-10-8-18(12(3)17-11(10)2)15-16(4,5)14(20-7)13(21-15)9-19-6/h8,11-15,17H,9H2,1-7H3;8,12-15H,9H2,1-7H3;8,11,13-15H,9H2,1-7H3/t11?,12?,13-,14?,15-;12?,13-,14?,15-;11?,13-,14?,15-/m111/s1. The molecule has 3 saturated heterocycles. The van der Waals surface area contributed by atoms with Gasteiger partial charge in [-0.25, -0.2) is 0 Å². The number of nitrogens with zero attached hydrogens (tertiary/aromatic N) is 5. The van der Waals surface area contributed by atoms with Gasteiger partial charge in [-0.15, -0.1) is 0 Å². The van der Waals surface area contributed by atoms with Crippen molar-refractivity contribution in [2.45, 2.75) is 184 Å². The molecule has 3 fully saturated rings. The quantitative estimate of drug-likeness (QED) is 0.221. The smallest absolute Gasteiger partial charge is 0.143 e. The van der Waals surface area contributed by atoms with Crippen molar-refractivity contribution >= 4 is 11.5 Å². The summed E-state index contributed by atoms with van der Waals surface area (Å²) in [5, 5.41) is 3.58. The predicted octanol–water partition coefficient (Wildman–Crippen LogP) is 6.79. The Morgan fingerprint density at radius 3 is 1.44 bits per heavy atom. The van der Waals surface area contributed by atoms with Crippen LogP contribution < -0.4 is 5.32 Å². The third-order valence-electron chi connectivity index (χ3n) is 14.0. The average molecular weight is 891 g/mol. The van der Waals surface area contributed by atoms with Crippen molar-refractivity contribution < 1.29 is 42.6 Å². The molecular formula is C48H86N6O9. The fourth-order valence-electron chi connectivity index (χ4n) is 10.2. The first kappa shape index (κ1) is 53.2.